The van der Waals surface area contributed by atoms with Crippen LogP contribution in [0.2, 0.25) is 0 Å². The molecular weight excluding hydrogens is 294 g/mol. The second kappa shape index (κ2) is 6.55. The Balaban J connectivity index is 2.85. The van der Waals surface area contributed by atoms with Crippen LogP contribution in [0.25, 0.3) is 0 Å². The van der Waals surface area contributed by atoms with Gasteiger partial charge in [-0.05, 0) is 24.6 Å². The van der Waals surface area contributed by atoms with Gasteiger partial charge in [-0.25, -0.2) is 4.39 Å². The second-order valence-corrected chi connectivity index (χ2v) is 4.42. The molecule has 1 rings (SSSR count). The van der Waals surface area contributed by atoms with Crippen molar-refractivity contribution in [3.05, 3.63) is 35.1 Å². The quantitative estimate of drug-likeness (QED) is 0.851. The number of rotatable bonds is 5. The third-order valence-electron chi connectivity index (χ3n) is 2.75. The summed E-state index contributed by atoms with van der Waals surface area (Å²) in [7, 11) is 1.33. The molecule has 0 saturated carbocycles. The Bertz CT molecular complexity index is 543. The lowest BCUT2D eigenvalue weighted by Gasteiger charge is -2.17. The van der Waals surface area contributed by atoms with Crippen LogP contribution in [0.3, 0.4) is 0 Å². The van der Waals surface area contributed by atoms with Crippen molar-refractivity contribution in [2.75, 3.05) is 13.6 Å². The van der Waals surface area contributed by atoms with Gasteiger partial charge in [0.1, 0.15) is 5.82 Å². The first-order valence-corrected chi connectivity index (χ1v) is 5.97. The Morgan fingerprint density at radius 2 is 1.90 bits per heavy atom. The highest BCUT2D eigenvalue weighted by Gasteiger charge is 2.34. The minimum Gasteiger partial charge on any atom is -0.481 e. The summed E-state index contributed by atoms with van der Waals surface area (Å²) < 4.78 is 50.8. The number of amides is 1. The maximum Gasteiger partial charge on any atom is 0.419 e. The number of alkyl halides is 3. The normalized spacial score (nSPS) is 11.3. The molecule has 1 amide bonds. The molecule has 21 heavy (non-hydrogen) atoms. The molecule has 8 heteroatoms. The third-order valence-corrected chi connectivity index (χ3v) is 2.75. The Morgan fingerprint density at radius 1 is 1.29 bits per heavy atom. The molecule has 0 heterocycles. The zero-order chi connectivity index (χ0) is 16.2. The zero-order valence-corrected chi connectivity index (χ0v) is 11.1. The lowest BCUT2D eigenvalue weighted by molar-refractivity contribution is -0.140. The van der Waals surface area contributed by atoms with E-state index in [1.165, 1.54) is 7.05 Å². The number of nitrogens with zero attached hydrogens (tertiary/aromatic N) is 1. The maximum atomic E-state index is 13.1. The summed E-state index contributed by atoms with van der Waals surface area (Å²) in [6.07, 6.45) is -4.87. The summed E-state index contributed by atoms with van der Waals surface area (Å²) in [5.41, 5.74) is -1.81. The fourth-order valence-electron chi connectivity index (χ4n) is 1.66. The fraction of sp³-hybridized carbons (Fsp3) is 0.385. The summed E-state index contributed by atoms with van der Waals surface area (Å²) in [6.45, 7) is 0.0733. The molecule has 1 aromatic carbocycles. The summed E-state index contributed by atoms with van der Waals surface area (Å²) >= 11 is 0. The molecule has 0 unspecified atom stereocenters. The minimum atomic E-state index is -4.89. The molecule has 0 aliphatic rings. The molecule has 116 valence electrons. The van der Waals surface area contributed by atoms with Crippen LogP contribution in [0.4, 0.5) is 17.6 Å². The number of aliphatic carboxylic acids is 1. The lowest BCUT2D eigenvalue weighted by atomic mass is 10.1. The van der Waals surface area contributed by atoms with Crippen molar-refractivity contribution in [1.29, 1.82) is 0 Å². The van der Waals surface area contributed by atoms with Gasteiger partial charge in [0.2, 0.25) is 0 Å². The van der Waals surface area contributed by atoms with Crippen LogP contribution >= 0.6 is 0 Å². The van der Waals surface area contributed by atoms with E-state index in [4.69, 9.17) is 5.11 Å². The summed E-state index contributed by atoms with van der Waals surface area (Å²) in [5, 5.41) is 8.47. The number of carboxylic acids is 1. The fourth-order valence-corrected chi connectivity index (χ4v) is 1.66. The van der Waals surface area contributed by atoms with Crippen LogP contribution in [0.15, 0.2) is 18.2 Å². The Kier molecular flexibility index (Phi) is 5.28. The monoisotopic (exact) mass is 307 g/mol. The standard InChI is InChI=1S/C13H13F4NO3/c1-18(6-2-3-11(19)20)12(21)8-4-5-10(14)9(7-8)13(15,16)17/h4-5,7H,2-3,6H2,1H3,(H,19,20). The first-order valence-electron chi connectivity index (χ1n) is 5.97. The van der Waals surface area contributed by atoms with Crippen molar-refractivity contribution in [1.82, 2.24) is 4.90 Å². The highest BCUT2D eigenvalue weighted by atomic mass is 19.4. The summed E-state index contributed by atoms with van der Waals surface area (Å²) in [6, 6.07) is 1.99. The van der Waals surface area contributed by atoms with E-state index in [0.29, 0.717) is 12.1 Å². The summed E-state index contributed by atoms with van der Waals surface area (Å²) in [5.74, 6) is -3.21. The van der Waals surface area contributed by atoms with Crippen molar-refractivity contribution in [3.63, 3.8) is 0 Å². The molecule has 0 saturated heterocycles. The molecule has 0 bridgehead atoms. The number of carboxylic acid groups (broad SMARTS) is 1. The van der Waals surface area contributed by atoms with Crippen LogP contribution in [0.1, 0.15) is 28.8 Å². The van der Waals surface area contributed by atoms with E-state index in [2.05, 4.69) is 0 Å². The molecule has 4 nitrogen and oxygen atoms in total. The van der Waals surface area contributed by atoms with E-state index in [1.807, 2.05) is 0 Å². The van der Waals surface area contributed by atoms with Gasteiger partial charge in [-0.1, -0.05) is 0 Å². The van der Waals surface area contributed by atoms with Gasteiger partial charge in [-0.15, -0.1) is 0 Å². The topological polar surface area (TPSA) is 57.6 Å². The van der Waals surface area contributed by atoms with Crippen LogP contribution in [0, 0.1) is 5.82 Å². The van der Waals surface area contributed by atoms with Crippen molar-refractivity contribution in [2.45, 2.75) is 19.0 Å². The molecular formula is C13H13F4NO3. The largest absolute Gasteiger partial charge is 0.481 e. The Labute approximate surface area is 118 Å². The van der Waals surface area contributed by atoms with E-state index >= 15 is 0 Å². The third kappa shape index (κ3) is 4.73. The van der Waals surface area contributed by atoms with Gasteiger partial charge in [0, 0.05) is 25.6 Å². The van der Waals surface area contributed by atoms with Gasteiger partial charge in [0.15, 0.2) is 0 Å². The zero-order valence-electron chi connectivity index (χ0n) is 11.1. The SMILES string of the molecule is CN(CCCC(=O)O)C(=O)c1ccc(F)c(C(F)(F)F)c1. The van der Waals surface area contributed by atoms with E-state index in [-0.39, 0.29) is 24.9 Å². The van der Waals surface area contributed by atoms with Crippen molar-refractivity contribution in [2.24, 2.45) is 0 Å². The van der Waals surface area contributed by atoms with E-state index < -0.39 is 29.4 Å². The van der Waals surface area contributed by atoms with E-state index in [9.17, 15) is 27.2 Å². The van der Waals surface area contributed by atoms with E-state index in [1.54, 1.807) is 0 Å². The van der Waals surface area contributed by atoms with Crippen molar-refractivity contribution < 1.29 is 32.3 Å². The van der Waals surface area contributed by atoms with Gasteiger partial charge >= 0.3 is 12.1 Å². The number of carbonyl (C=O) groups is 2. The molecule has 0 spiro atoms. The predicted molar refractivity (Wildman–Crippen MR) is 65.2 cm³/mol. The molecule has 0 radical (unpaired) electrons. The Morgan fingerprint density at radius 3 is 2.43 bits per heavy atom. The molecule has 0 fully saturated rings. The Hall–Kier alpha value is -2.12. The van der Waals surface area contributed by atoms with Gasteiger partial charge in [0.05, 0.1) is 5.56 Å². The predicted octanol–water partition coefficient (Wildman–Crippen LogP) is 2.78. The number of hydrogen-bond donors (Lipinski definition) is 1. The van der Waals surface area contributed by atoms with E-state index in [0.717, 1.165) is 11.0 Å². The number of hydrogen-bond acceptors (Lipinski definition) is 2. The molecule has 0 aliphatic heterocycles. The first kappa shape index (κ1) is 16.9. The maximum absolute atomic E-state index is 13.1. The van der Waals surface area contributed by atoms with Gasteiger partial charge in [0.25, 0.3) is 5.91 Å². The minimum absolute atomic E-state index is 0.0733. The smallest absolute Gasteiger partial charge is 0.419 e. The molecule has 1 N–H and O–H groups in total. The summed E-state index contributed by atoms with van der Waals surface area (Å²) in [4.78, 5) is 23.3. The molecule has 1 aromatic rings. The average Bonchev–Trinajstić information content (AvgIpc) is 2.36. The highest BCUT2D eigenvalue weighted by Crippen LogP contribution is 2.32. The number of carbonyl (C=O) groups excluding carboxylic acids is 1. The lowest BCUT2D eigenvalue weighted by Crippen LogP contribution is -2.28. The second-order valence-electron chi connectivity index (χ2n) is 4.42. The molecule has 0 aliphatic carbocycles. The molecule has 0 atom stereocenters. The average molecular weight is 307 g/mol. The van der Waals surface area contributed by atoms with Crippen molar-refractivity contribution >= 4 is 11.9 Å². The van der Waals surface area contributed by atoms with Crippen LogP contribution in [0.5, 0.6) is 0 Å². The van der Waals surface area contributed by atoms with Crippen molar-refractivity contribution in [3.8, 4) is 0 Å². The van der Waals surface area contributed by atoms with Gasteiger partial charge in [-0.3, -0.25) is 9.59 Å². The molecule has 0 aromatic heterocycles. The van der Waals surface area contributed by atoms with Gasteiger partial charge in [-0.2, -0.15) is 13.2 Å². The van der Waals surface area contributed by atoms with Crippen LogP contribution < -0.4 is 0 Å². The van der Waals surface area contributed by atoms with Crippen LogP contribution in [-0.4, -0.2) is 35.5 Å². The highest BCUT2D eigenvalue weighted by molar-refractivity contribution is 5.94. The number of benzene rings is 1. The van der Waals surface area contributed by atoms with Crippen LogP contribution in [-0.2, 0) is 11.0 Å². The number of halogens is 4. The van der Waals surface area contributed by atoms with Gasteiger partial charge < -0.3 is 10.0 Å². The first-order chi connectivity index (χ1) is 9.62.